The Bertz CT molecular complexity index is 918. The molecule has 1 unspecified atom stereocenters. The number of anilines is 1. The van der Waals surface area contributed by atoms with Crippen molar-refractivity contribution in [2.45, 2.75) is 25.8 Å². The number of para-hydroxylation sites is 3. The fourth-order valence-corrected chi connectivity index (χ4v) is 3.52. The van der Waals surface area contributed by atoms with Gasteiger partial charge in [-0.25, -0.2) is 9.37 Å². The number of hydrogen-bond donors (Lipinski definition) is 0. The molecule has 0 radical (unpaired) electrons. The van der Waals surface area contributed by atoms with Gasteiger partial charge in [0.1, 0.15) is 11.6 Å². The van der Waals surface area contributed by atoms with E-state index in [9.17, 15) is 9.18 Å². The maximum absolute atomic E-state index is 14.0. The predicted octanol–water partition coefficient (Wildman–Crippen LogP) is 3.72. The van der Waals surface area contributed by atoms with Gasteiger partial charge in [0.25, 0.3) is 0 Å². The number of fused-ring (bicyclic) bond motifs is 1. The number of benzene rings is 2. The van der Waals surface area contributed by atoms with Crippen LogP contribution in [-0.4, -0.2) is 22.0 Å². The predicted molar refractivity (Wildman–Crippen MR) is 91.5 cm³/mol. The van der Waals surface area contributed by atoms with E-state index in [1.54, 1.807) is 23.1 Å². The molecule has 0 spiro atoms. The number of aromatic nitrogens is 2. The van der Waals surface area contributed by atoms with E-state index >= 15 is 0 Å². The van der Waals surface area contributed by atoms with Crippen LogP contribution in [0.2, 0.25) is 0 Å². The Balaban J connectivity index is 1.72. The molecule has 1 aliphatic heterocycles. The van der Waals surface area contributed by atoms with Gasteiger partial charge in [-0.05, 0) is 31.2 Å². The van der Waals surface area contributed by atoms with E-state index in [1.807, 2.05) is 24.3 Å². The number of amides is 1. The van der Waals surface area contributed by atoms with Crippen LogP contribution >= 0.6 is 0 Å². The molecule has 5 heteroatoms. The lowest BCUT2D eigenvalue weighted by Crippen LogP contribution is -2.25. The van der Waals surface area contributed by atoms with E-state index < -0.39 is 0 Å². The highest BCUT2D eigenvalue weighted by Crippen LogP contribution is 2.34. The molecule has 2 aromatic carbocycles. The van der Waals surface area contributed by atoms with Gasteiger partial charge in [-0.3, -0.25) is 4.79 Å². The summed E-state index contributed by atoms with van der Waals surface area (Å²) in [6, 6.07) is 14.4. The smallest absolute Gasteiger partial charge is 0.227 e. The van der Waals surface area contributed by atoms with Gasteiger partial charge in [0.05, 0.1) is 16.7 Å². The first-order chi connectivity index (χ1) is 11.7. The summed E-state index contributed by atoms with van der Waals surface area (Å²) in [5.74, 6) is 0.464. The van der Waals surface area contributed by atoms with Gasteiger partial charge in [0.15, 0.2) is 0 Å². The Labute approximate surface area is 139 Å². The van der Waals surface area contributed by atoms with Crippen LogP contribution in [0.5, 0.6) is 0 Å². The first-order valence-electron chi connectivity index (χ1n) is 8.19. The lowest BCUT2D eigenvalue weighted by atomic mass is 10.1. The second-order valence-corrected chi connectivity index (χ2v) is 6.06. The second kappa shape index (κ2) is 5.74. The highest BCUT2D eigenvalue weighted by atomic mass is 19.1. The summed E-state index contributed by atoms with van der Waals surface area (Å²) < 4.78 is 16.2. The molecule has 3 aromatic rings. The molecule has 0 saturated carbocycles. The first-order valence-corrected chi connectivity index (χ1v) is 8.19. The molecule has 4 rings (SSSR count). The molecule has 1 aliphatic rings. The fraction of sp³-hybridized carbons (Fsp3) is 0.263. The van der Waals surface area contributed by atoms with Crippen molar-refractivity contribution in [1.82, 2.24) is 9.55 Å². The SMILES string of the molecule is CCn1c(C2CC(=O)N(c3ccccc3F)C2)nc2ccccc21. The highest BCUT2D eigenvalue weighted by molar-refractivity contribution is 5.96. The van der Waals surface area contributed by atoms with Gasteiger partial charge < -0.3 is 9.47 Å². The van der Waals surface area contributed by atoms with Gasteiger partial charge in [-0.1, -0.05) is 24.3 Å². The third kappa shape index (κ3) is 2.28. The van der Waals surface area contributed by atoms with E-state index in [-0.39, 0.29) is 17.6 Å². The van der Waals surface area contributed by atoms with Gasteiger partial charge in [-0.2, -0.15) is 0 Å². The third-order valence-electron chi connectivity index (χ3n) is 4.63. The minimum Gasteiger partial charge on any atom is -0.328 e. The largest absolute Gasteiger partial charge is 0.328 e. The summed E-state index contributed by atoms with van der Waals surface area (Å²) in [7, 11) is 0. The zero-order chi connectivity index (χ0) is 16.7. The molecule has 0 aliphatic carbocycles. The van der Waals surface area contributed by atoms with Crippen LogP contribution in [-0.2, 0) is 11.3 Å². The highest BCUT2D eigenvalue weighted by Gasteiger charge is 2.35. The van der Waals surface area contributed by atoms with Crippen molar-refractivity contribution < 1.29 is 9.18 Å². The molecule has 122 valence electrons. The summed E-state index contributed by atoms with van der Waals surface area (Å²) in [4.78, 5) is 18.7. The average Bonchev–Trinajstić information content (AvgIpc) is 3.15. The molecular formula is C19H18FN3O. The van der Waals surface area contributed by atoms with Crippen molar-refractivity contribution >= 4 is 22.6 Å². The van der Waals surface area contributed by atoms with E-state index in [1.165, 1.54) is 6.07 Å². The van der Waals surface area contributed by atoms with Crippen molar-refractivity contribution in [3.63, 3.8) is 0 Å². The second-order valence-electron chi connectivity index (χ2n) is 6.06. The molecule has 1 saturated heterocycles. The lowest BCUT2D eigenvalue weighted by molar-refractivity contribution is -0.117. The Hall–Kier alpha value is -2.69. The van der Waals surface area contributed by atoms with E-state index in [4.69, 9.17) is 4.98 Å². The zero-order valence-electron chi connectivity index (χ0n) is 13.4. The lowest BCUT2D eigenvalue weighted by Gasteiger charge is -2.17. The standard InChI is InChI=1S/C19H18FN3O/c1-2-22-17-10-6-4-8-15(17)21-19(22)13-11-18(24)23(12-13)16-9-5-3-7-14(16)20/h3-10,13H,2,11-12H2,1H3. The molecule has 24 heavy (non-hydrogen) atoms. The van der Waals surface area contributed by atoms with Crippen LogP contribution < -0.4 is 4.90 Å². The van der Waals surface area contributed by atoms with Crippen molar-refractivity contribution in [3.05, 3.63) is 60.2 Å². The molecule has 0 bridgehead atoms. The maximum Gasteiger partial charge on any atom is 0.227 e. The summed E-state index contributed by atoms with van der Waals surface area (Å²) in [5.41, 5.74) is 2.36. The number of aryl methyl sites for hydroxylation is 1. The first kappa shape index (κ1) is 14.9. The normalized spacial score (nSPS) is 17.8. The number of rotatable bonds is 3. The Kier molecular flexibility index (Phi) is 3.56. The van der Waals surface area contributed by atoms with Crippen molar-refractivity contribution in [2.75, 3.05) is 11.4 Å². The number of nitrogens with zero attached hydrogens (tertiary/aromatic N) is 3. The number of hydrogen-bond acceptors (Lipinski definition) is 2. The van der Waals surface area contributed by atoms with E-state index in [2.05, 4.69) is 11.5 Å². The van der Waals surface area contributed by atoms with Crippen LogP contribution in [0.3, 0.4) is 0 Å². The minimum atomic E-state index is -0.365. The summed E-state index contributed by atoms with van der Waals surface area (Å²) in [5, 5.41) is 0. The van der Waals surface area contributed by atoms with Gasteiger partial charge in [-0.15, -0.1) is 0 Å². The van der Waals surface area contributed by atoms with Crippen molar-refractivity contribution in [3.8, 4) is 0 Å². The minimum absolute atomic E-state index is 0.0237. The molecule has 1 amide bonds. The summed E-state index contributed by atoms with van der Waals surface area (Å²) >= 11 is 0. The van der Waals surface area contributed by atoms with E-state index in [0.29, 0.717) is 18.7 Å². The quantitative estimate of drug-likeness (QED) is 0.737. The van der Waals surface area contributed by atoms with E-state index in [0.717, 1.165) is 23.4 Å². The Morgan fingerprint density at radius 1 is 1.17 bits per heavy atom. The summed E-state index contributed by atoms with van der Waals surface area (Å²) in [6.45, 7) is 3.33. The number of imidazole rings is 1. The maximum atomic E-state index is 14.0. The van der Waals surface area contributed by atoms with Crippen molar-refractivity contribution in [1.29, 1.82) is 0 Å². The van der Waals surface area contributed by atoms with Gasteiger partial charge >= 0.3 is 0 Å². The van der Waals surface area contributed by atoms with Crippen LogP contribution in [0.4, 0.5) is 10.1 Å². The molecule has 4 nitrogen and oxygen atoms in total. The topological polar surface area (TPSA) is 38.1 Å². The molecule has 2 heterocycles. The number of carbonyl (C=O) groups excluding carboxylic acids is 1. The van der Waals surface area contributed by atoms with Crippen LogP contribution in [0.1, 0.15) is 25.1 Å². The molecule has 1 aromatic heterocycles. The monoisotopic (exact) mass is 323 g/mol. The van der Waals surface area contributed by atoms with Crippen LogP contribution in [0.15, 0.2) is 48.5 Å². The average molecular weight is 323 g/mol. The van der Waals surface area contributed by atoms with Crippen LogP contribution in [0, 0.1) is 5.82 Å². The molecular weight excluding hydrogens is 305 g/mol. The Morgan fingerprint density at radius 3 is 2.71 bits per heavy atom. The van der Waals surface area contributed by atoms with Gasteiger partial charge in [0, 0.05) is 25.4 Å². The number of halogens is 1. The molecule has 1 atom stereocenters. The number of carbonyl (C=O) groups is 1. The zero-order valence-corrected chi connectivity index (χ0v) is 13.4. The van der Waals surface area contributed by atoms with Crippen molar-refractivity contribution in [2.24, 2.45) is 0 Å². The molecule has 1 fully saturated rings. The third-order valence-corrected chi connectivity index (χ3v) is 4.63. The summed E-state index contributed by atoms with van der Waals surface area (Å²) in [6.07, 6.45) is 0.359. The Morgan fingerprint density at radius 2 is 1.92 bits per heavy atom. The molecule has 0 N–H and O–H groups in total. The van der Waals surface area contributed by atoms with Gasteiger partial charge in [0.2, 0.25) is 5.91 Å². The van der Waals surface area contributed by atoms with Crippen LogP contribution in [0.25, 0.3) is 11.0 Å². The fourth-order valence-electron chi connectivity index (χ4n) is 3.52.